The monoisotopic (exact) mass is 263 g/mol. The van der Waals surface area contributed by atoms with Gasteiger partial charge in [0.15, 0.2) is 5.78 Å². The number of aromatic nitrogens is 1. The van der Waals surface area contributed by atoms with Gasteiger partial charge in [-0.3, -0.25) is 9.78 Å². The molecular formula is C14H11ClFNO. The van der Waals surface area contributed by atoms with Gasteiger partial charge in [0.05, 0.1) is 5.02 Å². The predicted molar refractivity (Wildman–Crippen MR) is 68.4 cm³/mol. The van der Waals surface area contributed by atoms with Crippen LogP contribution in [-0.2, 0) is 6.42 Å². The van der Waals surface area contributed by atoms with Crippen molar-refractivity contribution in [3.8, 4) is 0 Å². The summed E-state index contributed by atoms with van der Waals surface area (Å²) in [4.78, 5) is 16.0. The molecule has 0 radical (unpaired) electrons. The third kappa shape index (κ3) is 2.74. The van der Waals surface area contributed by atoms with Gasteiger partial charge in [-0.2, -0.15) is 0 Å². The molecule has 4 heteroatoms. The molecule has 1 heterocycles. The summed E-state index contributed by atoms with van der Waals surface area (Å²) in [6.45, 7) is 1.88. The lowest BCUT2D eigenvalue weighted by molar-refractivity contribution is 0.0988. The lowest BCUT2D eigenvalue weighted by Gasteiger charge is -2.04. The molecule has 2 aromatic rings. The SMILES string of the molecule is Cc1ccnc(C(=O)Cc2cccc(F)c2Cl)c1. The highest BCUT2D eigenvalue weighted by Gasteiger charge is 2.12. The van der Waals surface area contributed by atoms with Crippen LogP contribution in [0.3, 0.4) is 0 Å². The van der Waals surface area contributed by atoms with E-state index in [1.807, 2.05) is 13.0 Å². The van der Waals surface area contributed by atoms with Crippen LogP contribution >= 0.6 is 11.6 Å². The second-order valence-corrected chi connectivity index (χ2v) is 4.41. The highest BCUT2D eigenvalue weighted by atomic mass is 35.5. The Kier molecular flexibility index (Phi) is 3.72. The third-order valence-corrected chi connectivity index (χ3v) is 3.01. The molecule has 0 atom stereocenters. The van der Waals surface area contributed by atoms with Crippen molar-refractivity contribution >= 4 is 17.4 Å². The molecule has 92 valence electrons. The molecule has 0 saturated carbocycles. The molecule has 0 N–H and O–H groups in total. The average molecular weight is 264 g/mol. The van der Waals surface area contributed by atoms with Crippen LogP contribution in [0.5, 0.6) is 0 Å². The Labute approximate surface area is 109 Å². The Hall–Kier alpha value is -1.74. The first-order valence-corrected chi connectivity index (χ1v) is 5.84. The van der Waals surface area contributed by atoms with Gasteiger partial charge in [0, 0.05) is 12.6 Å². The number of carbonyl (C=O) groups excluding carboxylic acids is 1. The average Bonchev–Trinajstić information content (AvgIpc) is 2.35. The van der Waals surface area contributed by atoms with E-state index in [1.165, 1.54) is 12.1 Å². The van der Waals surface area contributed by atoms with Crippen molar-refractivity contribution in [2.45, 2.75) is 13.3 Å². The third-order valence-electron chi connectivity index (χ3n) is 2.58. The van der Waals surface area contributed by atoms with Gasteiger partial charge in [0.25, 0.3) is 0 Å². The van der Waals surface area contributed by atoms with Crippen molar-refractivity contribution in [1.29, 1.82) is 0 Å². The second-order valence-electron chi connectivity index (χ2n) is 4.03. The number of halogens is 2. The number of hydrogen-bond acceptors (Lipinski definition) is 2. The normalized spacial score (nSPS) is 10.4. The van der Waals surface area contributed by atoms with E-state index in [9.17, 15) is 9.18 Å². The Bertz CT molecular complexity index is 598. The molecule has 0 aliphatic carbocycles. The van der Waals surface area contributed by atoms with Gasteiger partial charge in [-0.1, -0.05) is 23.7 Å². The molecule has 0 bridgehead atoms. The number of aryl methyl sites for hydroxylation is 1. The molecule has 0 aliphatic rings. The standard InChI is InChI=1S/C14H11ClFNO/c1-9-5-6-17-12(7-9)13(18)8-10-3-2-4-11(16)14(10)15/h2-7H,8H2,1H3. The summed E-state index contributed by atoms with van der Waals surface area (Å²) >= 11 is 5.81. The summed E-state index contributed by atoms with van der Waals surface area (Å²) < 4.78 is 13.2. The largest absolute Gasteiger partial charge is 0.292 e. The number of benzene rings is 1. The van der Waals surface area contributed by atoms with Crippen LogP contribution in [0, 0.1) is 12.7 Å². The molecule has 0 fully saturated rings. The molecule has 1 aromatic heterocycles. The fourth-order valence-corrected chi connectivity index (χ4v) is 1.83. The summed E-state index contributed by atoms with van der Waals surface area (Å²) in [6, 6.07) is 7.95. The Morgan fingerprint density at radius 1 is 1.39 bits per heavy atom. The van der Waals surface area contributed by atoms with Gasteiger partial charge in [-0.05, 0) is 36.2 Å². The number of Topliss-reactive ketones (excluding diaryl/α,β-unsaturated/α-hetero) is 1. The maximum Gasteiger partial charge on any atom is 0.185 e. The molecular weight excluding hydrogens is 253 g/mol. The smallest absolute Gasteiger partial charge is 0.185 e. The molecule has 2 nitrogen and oxygen atoms in total. The van der Waals surface area contributed by atoms with E-state index in [1.54, 1.807) is 18.3 Å². The number of nitrogens with zero attached hydrogens (tertiary/aromatic N) is 1. The first-order chi connectivity index (χ1) is 8.58. The molecule has 0 unspecified atom stereocenters. The van der Waals surface area contributed by atoms with Gasteiger partial charge >= 0.3 is 0 Å². The van der Waals surface area contributed by atoms with Crippen LogP contribution < -0.4 is 0 Å². The zero-order chi connectivity index (χ0) is 13.1. The van der Waals surface area contributed by atoms with Crippen LogP contribution in [0.2, 0.25) is 5.02 Å². The minimum Gasteiger partial charge on any atom is -0.292 e. The van der Waals surface area contributed by atoms with Crippen molar-refractivity contribution in [3.05, 3.63) is 64.2 Å². The van der Waals surface area contributed by atoms with E-state index in [2.05, 4.69) is 4.98 Å². The molecule has 0 spiro atoms. The first-order valence-electron chi connectivity index (χ1n) is 5.46. The summed E-state index contributed by atoms with van der Waals surface area (Å²) in [6.07, 6.45) is 1.63. The van der Waals surface area contributed by atoms with E-state index in [4.69, 9.17) is 11.6 Å². The van der Waals surface area contributed by atoms with E-state index in [0.29, 0.717) is 11.3 Å². The summed E-state index contributed by atoms with van der Waals surface area (Å²) in [5.41, 5.74) is 1.80. The second kappa shape index (κ2) is 5.27. The maximum atomic E-state index is 13.2. The fourth-order valence-electron chi connectivity index (χ4n) is 1.64. The number of pyridine rings is 1. The highest BCUT2D eigenvalue weighted by molar-refractivity contribution is 6.31. The van der Waals surface area contributed by atoms with Gasteiger partial charge in [0.1, 0.15) is 11.5 Å². The van der Waals surface area contributed by atoms with E-state index in [0.717, 1.165) is 5.56 Å². The van der Waals surface area contributed by atoms with Crippen molar-refractivity contribution in [2.24, 2.45) is 0 Å². The van der Waals surface area contributed by atoms with Crippen molar-refractivity contribution in [1.82, 2.24) is 4.98 Å². The fraction of sp³-hybridized carbons (Fsp3) is 0.143. The Morgan fingerprint density at radius 2 is 2.17 bits per heavy atom. The first kappa shape index (κ1) is 12.7. The van der Waals surface area contributed by atoms with Gasteiger partial charge in [0.2, 0.25) is 0 Å². The van der Waals surface area contributed by atoms with Crippen molar-refractivity contribution in [3.63, 3.8) is 0 Å². The van der Waals surface area contributed by atoms with Crippen LogP contribution in [-0.4, -0.2) is 10.8 Å². The van der Waals surface area contributed by atoms with Gasteiger partial charge in [-0.25, -0.2) is 4.39 Å². The highest BCUT2D eigenvalue weighted by Crippen LogP contribution is 2.21. The van der Waals surface area contributed by atoms with Gasteiger partial charge < -0.3 is 0 Å². The van der Waals surface area contributed by atoms with Crippen LogP contribution in [0.4, 0.5) is 4.39 Å². The molecule has 2 rings (SSSR count). The van der Waals surface area contributed by atoms with Crippen molar-refractivity contribution < 1.29 is 9.18 Å². The lowest BCUT2D eigenvalue weighted by atomic mass is 10.1. The summed E-state index contributed by atoms with van der Waals surface area (Å²) in [5.74, 6) is -0.689. The predicted octanol–water partition coefficient (Wildman–Crippen LogP) is 3.61. The van der Waals surface area contributed by atoms with Crippen LogP contribution in [0.15, 0.2) is 36.5 Å². The molecule has 0 amide bonds. The molecule has 1 aromatic carbocycles. The zero-order valence-corrected chi connectivity index (χ0v) is 10.5. The molecule has 0 aliphatic heterocycles. The lowest BCUT2D eigenvalue weighted by Crippen LogP contribution is -2.07. The zero-order valence-electron chi connectivity index (χ0n) is 9.78. The molecule has 0 saturated heterocycles. The maximum absolute atomic E-state index is 13.2. The van der Waals surface area contributed by atoms with Gasteiger partial charge in [-0.15, -0.1) is 0 Å². The topological polar surface area (TPSA) is 30.0 Å². The molecule has 18 heavy (non-hydrogen) atoms. The van der Waals surface area contributed by atoms with E-state index >= 15 is 0 Å². The quantitative estimate of drug-likeness (QED) is 0.792. The number of ketones is 1. The summed E-state index contributed by atoms with van der Waals surface area (Å²) in [5, 5.41) is -0.00139. The van der Waals surface area contributed by atoms with Crippen LogP contribution in [0.25, 0.3) is 0 Å². The minimum absolute atomic E-state index is 0.00139. The number of hydrogen-bond donors (Lipinski definition) is 0. The van der Waals surface area contributed by atoms with E-state index < -0.39 is 5.82 Å². The van der Waals surface area contributed by atoms with Crippen LogP contribution in [0.1, 0.15) is 21.6 Å². The Balaban J connectivity index is 2.24. The minimum atomic E-state index is -0.515. The summed E-state index contributed by atoms with van der Waals surface area (Å²) in [7, 11) is 0. The number of rotatable bonds is 3. The number of carbonyl (C=O) groups is 1. The van der Waals surface area contributed by atoms with Crippen molar-refractivity contribution in [2.75, 3.05) is 0 Å². The van der Waals surface area contributed by atoms with E-state index in [-0.39, 0.29) is 17.2 Å². The Morgan fingerprint density at radius 3 is 2.89 bits per heavy atom.